The Morgan fingerprint density at radius 3 is 2.65 bits per heavy atom. The Labute approximate surface area is 197 Å². The number of hydrogen-bond acceptors (Lipinski definition) is 4. The molecule has 0 aliphatic heterocycles. The molecule has 174 valence electrons. The van der Waals surface area contributed by atoms with Gasteiger partial charge in [0.15, 0.2) is 0 Å². The molecule has 6 nitrogen and oxygen atoms in total. The molecule has 1 aliphatic carbocycles. The van der Waals surface area contributed by atoms with E-state index < -0.39 is 18.6 Å². The second-order valence-electron chi connectivity index (χ2n) is 8.14. The highest BCUT2D eigenvalue weighted by Crippen LogP contribution is 2.39. The van der Waals surface area contributed by atoms with Crippen molar-refractivity contribution in [1.29, 1.82) is 5.26 Å². The van der Waals surface area contributed by atoms with Crippen molar-refractivity contribution in [2.24, 2.45) is 11.8 Å². The van der Waals surface area contributed by atoms with Gasteiger partial charge in [0.05, 0.1) is 22.9 Å². The van der Waals surface area contributed by atoms with Gasteiger partial charge in [0.2, 0.25) is 5.91 Å². The normalized spacial score (nSPS) is 17.2. The van der Waals surface area contributed by atoms with Gasteiger partial charge in [0.25, 0.3) is 5.91 Å². The molecule has 0 bridgehead atoms. The first-order valence-electron chi connectivity index (χ1n) is 10.3. The number of carbonyl (C=O) groups is 2. The van der Waals surface area contributed by atoms with E-state index in [-0.39, 0.29) is 23.3 Å². The maximum Gasteiger partial charge on any atom is 0.405 e. The lowest BCUT2D eigenvalue weighted by Crippen LogP contribution is -2.33. The molecule has 1 heterocycles. The van der Waals surface area contributed by atoms with E-state index in [1.165, 1.54) is 12.1 Å². The first kappa shape index (κ1) is 23.5. The van der Waals surface area contributed by atoms with Gasteiger partial charge in [-0.1, -0.05) is 17.7 Å². The Bertz CT molecular complexity index is 1350. The molecule has 34 heavy (non-hydrogen) atoms. The summed E-state index contributed by atoms with van der Waals surface area (Å²) in [4.78, 5) is 28.5. The zero-order valence-electron chi connectivity index (χ0n) is 17.8. The Morgan fingerprint density at radius 1 is 1.24 bits per heavy atom. The maximum absolute atomic E-state index is 12.4. The van der Waals surface area contributed by atoms with Crippen LogP contribution >= 0.6 is 11.6 Å². The molecular formula is C24H18ClF3N4O2. The largest absolute Gasteiger partial charge is 0.405 e. The number of nitriles is 1. The Morgan fingerprint density at radius 2 is 2.00 bits per heavy atom. The van der Waals surface area contributed by atoms with Crippen LogP contribution in [-0.4, -0.2) is 29.5 Å². The summed E-state index contributed by atoms with van der Waals surface area (Å²) in [5, 5.41) is 15.3. The van der Waals surface area contributed by atoms with Gasteiger partial charge in [0.1, 0.15) is 12.4 Å². The number of alkyl halides is 3. The number of aromatic nitrogens is 1. The maximum atomic E-state index is 12.4. The van der Waals surface area contributed by atoms with Crippen LogP contribution in [-0.2, 0) is 4.79 Å². The van der Waals surface area contributed by atoms with Crippen molar-refractivity contribution in [3.63, 3.8) is 0 Å². The van der Waals surface area contributed by atoms with Crippen LogP contribution in [0.3, 0.4) is 0 Å². The number of anilines is 1. The van der Waals surface area contributed by atoms with E-state index in [0.717, 1.165) is 11.1 Å². The van der Waals surface area contributed by atoms with Crippen LogP contribution in [0.4, 0.5) is 19.0 Å². The van der Waals surface area contributed by atoms with Crippen LogP contribution in [0.25, 0.3) is 21.9 Å². The number of pyridine rings is 1. The van der Waals surface area contributed by atoms with Crippen molar-refractivity contribution in [2.45, 2.75) is 19.5 Å². The van der Waals surface area contributed by atoms with E-state index in [0.29, 0.717) is 33.6 Å². The zero-order chi connectivity index (χ0) is 24.6. The predicted molar refractivity (Wildman–Crippen MR) is 121 cm³/mol. The summed E-state index contributed by atoms with van der Waals surface area (Å²) in [6, 6.07) is 11.9. The Kier molecular flexibility index (Phi) is 6.19. The zero-order valence-corrected chi connectivity index (χ0v) is 18.6. The fraction of sp³-hybridized carbons (Fsp3) is 0.250. The molecule has 2 N–H and O–H groups in total. The first-order valence-corrected chi connectivity index (χ1v) is 10.7. The molecule has 2 atom stereocenters. The van der Waals surface area contributed by atoms with Crippen molar-refractivity contribution in [1.82, 2.24) is 10.3 Å². The van der Waals surface area contributed by atoms with E-state index in [2.05, 4.69) is 16.4 Å². The number of hydrogen-bond donors (Lipinski definition) is 2. The van der Waals surface area contributed by atoms with Gasteiger partial charge in [0, 0.05) is 17.1 Å². The number of benzene rings is 2. The standard InChI is InChI=1S/C24H18ClF3N4O2/c1-12-4-13(22(33)31-11-24(26,27)28)2-3-17(12)14-5-15-8-21(30-10-19(15)20(25)7-14)32-23(34)18-6-16(18)9-29/h2-5,7-8,10,16,18H,6,11H2,1H3,(H,31,33)(H,30,32,34)/t16-,18+/m0/s1. The average Bonchev–Trinajstić information content (AvgIpc) is 3.57. The van der Waals surface area contributed by atoms with Crippen molar-refractivity contribution in [2.75, 3.05) is 11.9 Å². The predicted octanol–water partition coefficient (Wildman–Crippen LogP) is 5.25. The summed E-state index contributed by atoms with van der Waals surface area (Å²) in [5.41, 5.74) is 2.26. The molecule has 0 unspecified atom stereocenters. The fourth-order valence-electron chi connectivity index (χ4n) is 3.69. The first-order chi connectivity index (χ1) is 16.1. The van der Waals surface area contributed by atoms with Gasteiger partial charge < -0.3 is 10.6 Å². The van der Waals surface area contributed by atoms with Crippen LogP contribution in [0.5, 0.6) is 0 Å². The minimum atomic E-state index is -4.49. The second-order valence-corrected chi connectivity index (χ2v) is 8.55. The second kappa shape index (κ2) is 8.95. The van der Waals surface area contributed by atoms with Crippen LogP contribution in [0.2, 0.25) is 5.02 Å². The summed E-state index contributed by atoms with van der Waals surface area (Å²) in [5.74, 6) is -1.32. The number of nitrogens with zero attached hydrogens (tertiary/aromatic N) is 2. The Balaban J connectivity index is 1.59. The topological polar surface area (TPSA) is 94.9 Å². The molecule has 1 fully saturated rings. The molecule has 10 heteroatoms. The molecule has 0 radical (unpaired) electrons. The lowest BCUT2D eigenvalue weighted by Gasteiger charge is -2.13. The fourth-order valence-corrected chi connectivity index (χ4v) is 3.97. The summed E-state index contributed by atoms with van der Waals surface area (Å²) >= 11 is 6.45. The number of fused-ring (bicyclic) bond motifs is 1. The highest BCUT2D eigenvalue weighted by molar-refractivity contribution is 6.36. The molecule has 0 spiro atoms. The van der Waals surface area contributed by atoms with Gasteiger partial charge in [-0.15, -0.1) is 0 Å². The average molecular weight is 487 g/mol. The van der Waals surface area contributed by atoms with Gasteiger partial charge >= 0.3 is 6.18 Å². The third-order valence-electron chi connectivity index (χ3n) is 5.58. The molecule has 4 rings (SSSR count). The summed E-state index contributed by atoms with van der Waals surface area (Å²) < 4.78 is 37.1. The van der Waals surface area contributed by atoms with Crippen LogP contribution < -0.4 is 10.6 Å². The van der Waals surface area contributed by atoms with Crippen molar-refractivity contribution in [3.05, 3.63) is 58.7 Å². The van der Waals surface area contributed by atoms with Crippen LogP contribution in [0.15, 0.2) is 42.6 Å². The lowest BCUT2D eigenvalue weighted by atomic mass is 9.96. The van der Waals surface area contributed by atoms with E-state index in [1.807, 2.05) is 11.4 Å². The highest BCUT2D eigenvalue weighted by Gasteiger charge is 2.43. The number of aryl methyl sites for hydroxylation is 1. The molecule has 0 saturated heterocycles. The molecule has 1 aromatic heterocycles. The van der Waals surface area contributed by atoms with Crippen molar-refractivity contribution < 1.29 is 22.8 Å². The van der Waals surface area contributed by atoms with E-state index in [9.17, 15) is 22.8 Å². The summed E-state index contributed by atoms with van der Waals surface area (Å²) in [7, 11) is 0. The summed E-state index contributed by atoms with van der Waals surface area (Å²) in [6.45, 7) is 0.338. The number of rotatable bonds is 5. The number of amides is 2. The molecule has 1 saturated carbocycles. The number of halogens is 4. The van der Waals surface area contributed by atoms with Crippen molar-refractivity contribution >= 4 is 40.0 Å². The quantitative estimate of drug-likeness (QED) is 0.514. The molecule has 3 aromatic rings. The smallest absolute Gasteiger partial charge is 0.343 e. The number of carbonyl (C=O) groups excluding carboxylic acids is 2. The third kappa shape index (κ3) is 5.13. The van der Waals surface area contributed by atoms with Gasteiger partial charge in [-0.05, 0) is 65.8 Å². The monoisotopic (exact) mass is 486 g/mol. The molecular weight excluding hydrogens is 469 g/mol. The molecule has 1 aliphatic rings. The third-order valence-corrected chi connectivity index (χ3v) is 5.89. The molecule has 2 aromatic carbocycles. The minimum absolute atomic E-state index is 0.113. The van der Waals surface area contributed by atoms with E-state index in [1.54, 1.807) is 31.3 Å². The highest BCUT2D eigenvalue weighted by atomic mass is 35.5. The lowest BCUT2D eigenvalue weighted by molar-refractivity contribution is -0.123. The van der Waals surface area contributed by atoms with E-state index in [4.69, 9.17) is 16.9 Å². The van der Waals surface area contributed by atoms with Crippen LogP contribution in [0.1, 0.15) is 22.3 Å². The Hall–Kier alpha value is -3.64. The SMILES string of the molecule is Cc1cc(C(=O)NCC(F)(F)F)ccc1-c1cc(Cl)c2cnc(NC(=O)[C@@H]3C[C@H]3C#N)cc2c1. The number of nitrogens with one attached hydrogen (secondary N) is 2. The van der Waals surface area contributed by atoms with Gasteiger partial charge in [-0.3, -0.25) is 9.59 Å². The van der Waals surface area contributed by atoms with Crippen molar-refractivity contribution in [3.8, 4) is 17.2 Å². The molecule has 2 amide bonds. The summed E-state index contributed by atoms with van der Waals surface area (Å²) in [6.07, 6.45) is -2.40. The van der Waals surface area contributed by atoms with Crippen LogP contribution in [0, 0.1) is 30.1 Å². The van der Waals surface area contributed by atoms with Gasteiger partial charge in [-0.2, -0.15) is 18.4 Å². The minimum Gasteiger partial charge on any atom is -0.343 e. The van der Waals surface area contributed by atoms with Gasteiger partial charge in [-0.25, -0.2) is 4.98 Å². The van der Waals surface area contributed by atoms with E-state index >= 15 is 0 Å².